The maximum absolute atomic E-state index is 12.0. The van der Waals surface area contributed by atoms with E-state index in [9.17, 15) is 4.79 Å². The summed E-state index contributed by atoms with van der Waals surface area (Å²) in [5, 5.41) is 7.48. The fourth-order valence-corrected chi connectivity index (χ4v) is 2.63. The average molecular weight is 395 g/mol. The van der Waals surface area contributed by atoms with Crippen LogP contribution in [-0.2, 0) is 23.4 Å². The molecule has 0 aliphatic heterocycles. The Hall–Kier alpha value is -2.12. The van der Waals surface area contributed by atoms with Gasteiger partial charge in [-0.1, -0.05) is 28.9 Å². The van der Waals surface area contributed by atoms with Gasteiger partial charge in [0.2, 0.25) is 5.89 Å². The lowest BCUT2D eigenvalue weighted by atomic mass is 10.1. The molecule has 148 valence electrons. The SMILES string of the molecule is CN(Cc1cccc(Cl)c1)Cc1nc(C(C)(C)NC(=O)OC(C)(C)C)no1. The van der Waals surface area contributed by atoms with Gasteiger partial charge >= 0.3 is 6.09 Å². The molecule has 2 rings (SSSR count). The molecule has 0 atom stereocenters. The molecule has 0 fully saturated rings. The van der Waals surface area contributed by atoms with E-state index in [4.69, 9.17) is 20.9 Å². The van der Waals surface area contributed by atoms with E-state index in [2.05, 4.69) is 15.5 Å². The Morgan fingerprint density at radius 1 is 1.26 bits per heavy atom. The fourth-order valence-electron chi connectivity index (χ4n) is 2.42. The zero-order chi connectivity index (χ0) is 20.2. The molecule has 0 aliphatic carbocycles. The average Bonchev–Trinajstić information content (AvgIpc) is 2.93. The number of carbonyl (C=O) groups excluding carboxylic acids is 1. The number of rotatable bonds is 6. The van der Waals surface area contributed by atoms with Crippen molar-refractivity contribution in [2.45, 2.75) is 58.8 Å². The highest BCUT2D eigenvalue weighted by Gasteiger charge is 2.31. The molecule has 1 aromatic heterocycles. The monoisotopic (exact) mass is 394 g/mol. The van der Waals surface area contributed by atoms with Crippen LogP contribution in [0.15, 0.2) is 28.8 Å². The van der Waals surface area contributed by atoms with Gasteiger partial charge in [-0.2, -0.15) is 4.98 Å². The van der Waals surface area contributed by atoms with Crippen molar-refractivity contribution in [3.8, 4) is 0 Å². The van der Waals surface area contributed by atoms with Crippen LogP contribution in [0.4, 0.5) is 4.79 Å². The molecule has 1 heterocycles. The Morgan fingerprint density at radius 3 is 2.59 bits per heavy atom. The maximum Gasteiger partial charge on any atom is 0.408 e. The Balaban J connectivity index is 1.97. The van der Waals surface area contributed by atoms with E-state index in [0.717, 1.165) is 5.56 Å². The number of carbonyl (C=O) groups is 1. The van der Waals surface area contributed by atoms with Crippen molar-refractivity contribution in [2.75, 3.05) is 7.05 Å². The first kappa shape index (κ1) is 21.2. The number of ether oxygens (including phenoxy) is 1. The molecule has 0 spiro atoms. The summed E-state index contributed by atoms with van der Waals surface area (Å²) in [5.41, 5.74) is -0.307. The third kappa shape index (κ3) is 6.84. The van der Waals surface area contributed by atoms with Crippen molar-refractivity contribution in [3.63, 3.8) is 0 Å². The normalized spacial score (nSPS) is 12.3. The van der Waals surface area contributed by atoms with Gasteiger partial charge in [-0.15, -0.1) is 0 Å². The van der Waals surface area contributed by atoms with Gasteiger partial charge < -0.3 is 14.6 Å². The topological polar surface area (TPSA) is 80.5 Å². The first-order valence-corrected chi connectivity index (χ1v) is 9.09. The molecule has 0 aliphatic rings. The largest absolute Gasteiger partial charge is 0.444 e. The van der Waals surface area contributed by atoms with Crippen LogP contribution < -0.4 is 5.32 Å². The highest BCUT2D eigenvalue weighted by atomic mass is 35.5. The van der Waals surface area contributed by atoms with Gasteiger partial charge in [0.15, 0.2) is 5.82 Å². The molecule has 8 heteroatoms. The molecule has 0 bridgehead atoms. The fraction of sp³-hybridized carbons (Fsp3) is 0.526. The quantitative estimate of drug-likeness (QED) is 0.793. The predicted molar refractivity (Wildman–Crippen MR) is 103 cm³/mol. The molecule has 0 unspecified atom stereocenters. The minimum atomic E-state index is -0.824. The van der Waals surface area contributed by atoms with E-state index in [1.54, 1.807) is 13.8 Å². The maximum atomic E-state index is 12.0. The Kier molecular flexibility index (Phi) is 6.49. The van der Waals surface area contributed by atoms with E-state index in [1.165, 1.54) is 0 Å². The van der Waals surface area contributed by atoms with Crippen molar-refractivity contribution < 1.29 is 14.1 Å². The highest BCUT2D eigenvalue weighted by Crippen LogP contribution is 2.19. The Morgan fingerprint density at radius 2 is 1.96 bits per heavy atom. The van der Waals surface area contributed by atoms with E-state index in [1.807, 2.05) is 57.0 Å². The lowest BCUT2D eigenvalue weighted by Gasteiger charge is -2.26. The van der Waals surface area contributed by atoms with Crippen LogP contribution in [0.1, 0.15) is 51.9 Å². The van der Waals surface area contributed by atoms with E-state index in [-0.39, 0.29) is 0 Å². The summed E-state index contributed by atoms with van der Waals surface area (Å²) in [6.45, 7) is 10.2. The molecular weight excluding hydrogens is 368 g/mol. The van der Waals surface area contributed by atoms with Crippen molar-refractivity contribution in [1.29, 1.82) is 0 Å². The standard InChI is InChI=1S/C19H27ClN4O3/c1-18(2,3)26-17(25)22-19(4,5)16-21-15(27-23-16)12-24(6)11-13-8-7-9-14(20)10-13/h7-10H,11-12H2,1-6H3,(H,22,25). The summed E-state index contributed by atoms with van der Waals surface area (Å²) in [5.74, 6) is 0.855. The minimum Gasteiger partial charge on any atom is -0.444 e. The Labute approximate surface area is 165 Å². The van der Waals surface area contributed by atoms with Gasteiger partial charge in [0, 0.05) is 11.6 Å². The zero-order valence-corrected chi connectivity index (χ0v) is 17.4. The van der Waals surface area contributed by atoms with Crippen LogP contribution in [0, 0.1) is 0 Å². The number of nitrogens with one attached hydrogen (secondary N) is 1. The molecule has 27 heavy (non-hydrogen) atoms. The summed E-state index contributed by atoms with van der Waals surface area (Å²) in [6.07, 6.45) is -0.531. The van der Waals surface area contributed by atoms with Gasteiger partial charge in [-0.05, 0) is 59.4 Å². The van der Waals surface area contributed by atoms with Gasteiger partial charge in [0.1, 0.15) is 11.1 Å². The molecule has 0 saturated heterocycles. The molecule has 1 N–H and O–H groups in total. The van der Waals surface area contributed by atoms with Crippen molar-refractivity contribution in [3.05, 3.63) is 46.6 Å². The first-order valence-electron chi connectivity index (χ1n) is 8.72. The number of hydrogen-bond donors (Lipinski definition) is 1. The van der Waals surface area contributed by atoms with Crippen molar-refractivity contribution in [1.82, 2.24) is 20.4 Å². The van der Waals surface area contributed by atoms with Gasteiger partial charge in [0.05, 0.1) is 6.54 Å². The van der Waals surface area contributed by atoms with Gasteiger partial charge in [-0.3, -0.25) is 4.90 Å². The number of aromatic nitrogens is 2. The van der Waals surface area contributed by atoms with Crippen LogP contribution in [0.25, 0.3) is 0 Å². The number of amides is 1. The van der Waals surface area contributed by atoms with Crippen molar-refractivity contribution >= 4 is 17.7 Å². The molecule has 7 nitrogen and oxygen atoms in total. The second-order valence-electron chi connectivity index (χ2n) is 8.07. The lowest BCUT2D eigenvalue weighted by Crippen LogP contribution is -2.44. The van der Waals surface area contributed by atoms with Crippen molar-refractivity contribution in [2.24, 2.45) is 0 Å². The molecular formula is C19H27ClN4O3. The summed E-state index contributed by atoms with van der Waals surface area (Å²) >= 11 is 6.02. The Bertz CT molecular complexity index is 783. The third-order valence-electron chi connectivity index (χ3n) is 3.59. The van der Waals surface area contributed by atoms with Crippen LogP contribution in [0.3, 0.4) is 0 Å². The van der Waals surface area contributed by atoms with Gasteiger partial charge in [-0.25, -0.2) is 4.79 Å². The van der Waals surface area contributed by atoms with Crippen LogP contribution >= 0.6 is 11.6 Å². The summed E-state index contributed by atoms with van der Waals surface area (Å²) in [7, 11) is 1.95. The van der Waals surface area contributed by atoms with E-state index in [0.29, 0.717) is 29.8 Å². The smallest absolute Gasteiger partial charge is 0.408 e. The second-order valence-corrected chi connectivity index (χ2v) is 8.50. The highest BCUT2D eigenvalue weighted by molar-refractivity contribution is 6.30. The van der Waals surface area contributed by atoms with Crippen LogP contribution in [0.2, 0.25) is 5.02 Å². The zero-order valence-electron chi connectivity index (χ0n) is 16.7. The number of nitrogens with zero attached hydrogens (tertiary/aromatic N) is 3. The molecule has 1 amide bonds. The molecule has 0 saturated carbocycles. The second kappa shape index (κ2) is 8.27. The van der Waals surface area contributed by atoms with Crippen LogP contribution in [-0.4, -0.2) is 33.8 Å². The molecule has 1 aromatic carbocycles. The third-order valence-corrected chi connectivity index (χ3v) is 3.82. The predicted octanol–water partition coefficient (Wildman–Crippen LogP) is 4.11. The molecule has 2 aromatic rings. The summed E-state index contributed by atoms with van der Waals surface area (Å²) in [6, 6.07) is 7.69. The minimum absolute atomic E-state index is 0.388. The van der Waals surface area contributed by atoms with Crippen LogP contribution in [0.5, 0.6) is 0 Å². The molecule has 0 radical (unpaired) electrons. The van der Waals surface area contributed by atoms with E-state index >= 15 is 0 Å². The first-order chi connectivity index (χ1) is 12.4. The summed E-state index contributed by atoms with van der Waals surface area (Å²) < 4.78 is 10.6. The number of hydrogen-bond acceptors (Lipinski definition) is 6. The van der Waals surface area contributed by atoms with Gasteiger partial charge in [0.25, 0.3) is 0 Å². The summed E-state index contributed by atoms with van der Waals surface area (Å²) in [4.78, 5) is 18.5. The number of halogens is 1. The van der Waals surface area contributed by atoms with E-state index < -0.39 is 17.2 Å². The number of alkyl carbamates (subject to hydrolysis) is 1. The number of benzene rings is 1. The lowest BCUT2D eigenvalue weighted by molar-refractivity contribution is 0.0465.